The van der Waals surface area contributed by atoms with Gasteiger partial charge < -0.3 is 4.42 Å². The van der Waals surface area contributed by atoms with Gasteiger partial charge in [-0.2, -0.15) is 5.26 Å². The van der Waals surface area contributed by atoms with Gasteiger partial charge in [-0.1, -0.05) is 30.3 Å². The summed E-state index contributed by atoms with van der Waals surface area (Å²) >= 11 is 0. The van der Waals surface area contributed by atoms with E-state index in [0.29, 0.717) is 39.0 Å². The van der Waals surface area contributed by atoms with Gasteiger partial charge in [-0.15, -0.1) is 0 Å². The van der Waals surface area contributed by atoms with E-state index in [1.165, 1.54) is 0 Å². The van der Waals surface area contributed by atoms with Gasteiger partial charge in [0, 0.05) is 34.0 Å². The predicted octanol–water partition coefficient (Wildman–Crippen LogP) is 6.80. The van der Waals surface area contributed by atoms with Crippen molar-refractivity contribution in [1.82, 2.24) is 0 Å². The van der Waals surface area contributed by atoms with E-state index in [-0.39, 0.29) is 12.8 Å². The van der Waals surface area contributed by atoms with E-state index in [1.54, 1.807) is 24.3 Å². The topological polar surface area (TPSA) is 40.8 Å². The molecule has 0 aliphatic heterocycles. The summed E-state index contributed by atoms with van der Waals surface area (Å²) in [6.07, 6.45) is -1.24. The molecule has 0 saturated carbocycles. The smallest absolute Gasteiger partial charge is 0.216 e. The van der Waals surface area contributed by atoms with Crippen molar-refractivity contribution in [1.29, 1.82) is 5.26 Å². The lowest BCUT2D eigenvalue weighted by molar-refractivity contribution is -0.660. The van der Waals surface area contributed by atoms with Crippen molar-refractivity contribution < 1.29 is 14.5 Å². The maximum absolute atomic E-state index is 10.1. The molecule has 3 nitrogen and oxygen atoms in total. The maximum Gasteiger partial charge on any atom is 0.216 e. The van der Waals surface area contributed by atoms with Crippen molar-refractivity contribution in [2.45, 2.75) is 32.5 Å². The predicted molar refractivity (Wildman–Crippen MR) is 132 cm³/mol. The first kappa shape index (κ1) is 15.8. The zero-order valence-corrected chi connectivity index (χ0v) is 18.6. The molecule has 5 aromatic rings. The molecule has 160 valence electrons. The highest BCUT2D eigenvalue weighted by Gasteiger charge is 2.24. The molecule has 0 unspecified atom stereocenters. The summed E-state index contributed by atoms with van der Waals surface area (Å²) in [6, 6.07) is 21.2. The molecule has 0 radical (unpaired) electrons. The van der Waals surface area contributed by atoms with Crippen LogP contribution < -0.4 is 4.57 Å². The summed E-state index contributed by atoms with van der Waals surface area (Å²) in [5.74, 6) is 0. The number of fused-ring (bicyclic) bond motifs is 4. The molecule has 3 heteroatoms. The summed E-state index contributed by atoms with van der Waals surface area (Å²) in [7, 11) is 1.99. The number of aromatic nitrogens is 1. The highest BCUT2D eigenvalue weighted by molar-refractivity contribution is 6.14. The Bertz CT molecular complexity index is 1780. The molecule has 0 saturated heterocycles. The SMILES string of the molecule is [2H]C1([2H])CCC([2H])([2H])c2c(-c3c(C#N)ccc4c3oc3c(-c5cccc[n+]5C)c(C)ccc34)cccc21. The van der Waals surface area contributed by atoms with Crippen LogP contribution in [-0.2, 0) is 19.8 Å². The molecule has 0 spiro atoms. The van der Waals surface area contributed by atoms with Crippen LogP contribution in [0.4, 0.5) is 0 Å². The second kappa shape index (κ2) is 7.60. The number of benzene rings is 3. The summed E-state index contributed by atoms with van der Waals surface area (Å²) in [5, 5.41) is 11.8. The van der Waals surface area contributed by atoms with E-state index in [4.69, 9.17) is 9.90 Å². The highest BCUT2D eigenvalue weighted by Crippen LogP contribution is 2.43. The highest BCUT2D eigenvalue weighted by atomic mass is 16.3. The summed E-state index contributed by atoms with van der Waals surface area (Å²) in [6.45, 7) is 2.04. The lowest BCUT2D eigenvalue weighted by Gasteiger charge is -2.20. The standard InChI is InChI=1S/C30H25N2O/c1-19-13-15-24-25-16-14-21(18-31)28(23-11-7-9-20-8-3-4-10-22(20)23)30(25)33-29(24)27(19)26-12-5-6-17-32(26)2/h5-7,9,11-17H,3-4,8,10H2,1-2H3/q+1/i8D2,10D2. The number of nitriles is 1. The Morgan fingerprint density at radius 3 is 2.52 bits per heavy atom. The second-order valence-electron chi connectivity index (χ2n) is 8.49. The molecule has 33 heavy (non-hydrogen) atoms. The van der Waals surface area contributed by atoms with Crippen LogP contribution in [0, 0.1) is 18.3 Å². The number of furan rings is 1. The first-order valence-corrected chi connectivity index (χ1v) is 11.1. The number of nitrogens with zero attached hydrogens (tertiary/aromatic N) is 2. The van der Waals surface area contributed by atoms with Crippen LogP contribution >= 0.6 is 0 Å². The first-order valence-electron chi connectivity index (χ1n) is 13.1. The van der Waals surface area contributed by atoms with Crippen LogP contribution in [0.2, 0.25) is 0 Å². The summed E-state index contributed by atoms with van der Waals surface area (Å²) < 4.78 is 43.4. The minimum Gasteiger partial charge on any atom is -0.454 e. The fourth-order valence-corrected chi connectivity index (χ4v) is 4.95. The third-order valence-corrected chi connectivity index (χ3v) is 6.53. The van der Waals surface area contributed by atoms with Crippen molar-refractivity contribution in [2.24, 2.45) is 7.05 Å². The molecule has 2 aromatic heterocycles. The molecule has 1 aliphatic carbocycles. The number of rotatable bonds is 2. The van der Waals surface area contributed by atoms with E-state index >= 15 is 0 Å². The monoisotopic (exact) mass is 433 g/mol. The fourth-order valence-electron chi connectivity index (χ4n) is 4.95. The van der Waals surface area contributed by atoms with Crippen LogP contribution in [0.3, 0.4) is 0 Å². The number of aryl methyl sites for hydroxylation is 3. The van der Waals surface area contributed by atoms with Gasteiger partial charge in [-0.3, -0.25) is 0 Å². The number of hydrogen-bond donors (Lipinski definition) is 0. The van der Waals surface area contributed by atoms with E-state index in [0.717, 1.165) is 27.6 Å². The maximum atomic E-state index is 10.1. The van der Waals surface area contributed by atoms with E-state index < -0.39 is 12.7 Å². The van der Waals surface area contributed by atoms with Gasteiger partial charge in [0.2, 0.25) is 5.69 Å². The molecule has 0 N–H and O–H groups in total. The van der Waals surface area contributed by atoms with E-state index in [2.05, 4.69) is 12.1 Å². The average Bonchev–Trinajstić information content (AvgIpc) is 3.25. The molecule has 0 bridgehead atoms. The summed E-state index contributed by atoms with van der Waals surface area (Å²) in [5.41, 5.74) is 6.25. The Labute approximate surface area is 199 Å². The number of pyridine rings is 1. The average molecular weight is 434 g/mol. The number of hydrogen-bond acceptors (Lipinski definition) is 2. The Hall–Kier alpha value is -3.90. The van der Waals surface area contributed by atoms with Crippen molar-refractivity contribution >= 4 is 21.9 Å². The second-order valence-corrected chi connectivity index (χ2v) is 8.49. The zero-order chi connectivity index (χ0) is 26.1. The Kier molecular flexibility index (Phi) is 3.65. The summed E-state index contributed by atoms with van der Waals surface area (Å²) in [4.78, 5) is 0. The van der Waals surface area contributed by atoms with Crippen LogP contribution in [0.15, 0.2) is 71.3 Å². The van der Waals surface area contributed by atoms with Gasteiger partial charge in [0.05, 0.1) is 17.2 Å². The molecule has 2 heterocycles. The van der Waals surface area contributed by atoms with Gasteiger partial charge in [0.25, 0.3) is 0 Å². The fraction of sp³-hybridized carbons (Fsp3) is 0.200. The molecule has 6 rings (SSSR count). The molecule has 0 atom stereocenters. The molecular formula is C30H25N2O+. The Morgan fingerprint density at radius 2 is 1.70 bits per heavy atom. The Morgan fingerprint density at radius 1 is 0.909 bits per heavy atom. The quantitative estimate of drug-likeness (QED) is 0.287. The van der Waals surface area contributed by atoms with Crippen LogP contribution in [0.5, 0.6) is 0 Å². The molecule has 1 aliphatic rings. The third kappa shape index (κ3) is 2.98. The third-order valence-electron chi connectivity index (χ3n) is 6.53. The minimum atomic E-state index is -1.74. The molecular weight excluding hydrogens is 404 g/mol. The van der Waals surface area contributed by atoms with Crippen molar-refractivity contribution in [2.75, 3.05) is 0 Å². The van der Waals surface area contributed by atoms with Gasteiger partial charge in [-0.05, 0) is 73.0 Å². The minimum absolute atomic E-state index is 0.0653. The van der Waals surface area contributed by atoms with E-state index in [9.17, 15) is 5.26 Å². The first-order chi connectivity index (χ1) is 17.6. The van der Waals surface area contributed by atoms with Gasteiger partial charge in [0.15, 0.2) is 6.20 Å². The van der Waals surface area contributed by atoms with Gasteiger partial charge in [-0.25, -0.2) is 4.57 Å². The Balaban J connectivity index is 1.75. The van der Waals surface area contributed by atoms with Crippen LogP contribution in [-0.4, -0.2) is 0 Å². The molecule has 0 fully saturated rings. The van der Waals surface area contributed by atoms with Crippen molar-refractivity contribution in [3.05, 3.63) is 89.1 Å². The van der Waals surface area contributed by atoms with Crippen LogP contribution in [0.25, 0.3) is 44.3 Å². The lowest BCUT2D eigenvalue weighted by atomic mass is 9.84. The van der Waals surface area contributed by atoms with Gasteiger partial charge in [0.1, 0.15) is 18.2 Å². The molecule has 3 aromatic carbocycles. The van der Waals surface area contributed by atoms with Crippen molar-refractivity contribution in [3.63, 3.8) is 0 Å². The van der Waals surface area contributed by atoms with Crippen LogP contribution in [0.1, 0.15) is 40.6 Å². The lowest BCUT2D eigenvalue weighted by Crippen LogP contribution is -2.30. The largest absolute Gasteiger partial charge is 0.454 e. The molecule has 0 amide bonds. The zero-order valence-electron chi connectivity index (χ0n) is 22.6. The van der Waals surface area contributed by atoms with Crippen molar-refractivity contribution in [3.8, 4) is 28.5 Å². The normalized spacial score (nSPS) is 18.1. The van der Waals surface area contributed by atoms with Gasteiger partial charge >= 0.3 is 0 Å². The van der Waals surface area contributed by atoms with E-state index in [1.807, 2.05) is 55.1 Å².